The van der Waals surface area contributed by atoms with Gasteiger partial charge in [-0.1, -0.05) is 40.2 Å². The van der Waals surface area contributed by atoms with Crippen LogP contribution in [0.1, 0.15) is 11.1 Å². The van der Waals surface area contributed by atoms with Crippen molar-refractivity contribution in [1.29, 1.82) is 0 Å². The lowest BCUT2D eigenvalue weighted by atomic mass is 10.1. The molecule has 19 heavy (non-hydrogen) atoms. The molecule has 0 saturated heterocycles. The van der Waals surface area contributed by atoms with Crippen molar-refractivity contribution < 1.29 is 0 Å². The molecule has 100 valence electrons. The number of rotatable bonds is 5. The molecule has 2 rings (SSSR count). The van der Waals surface area contributed by atoms with Gasteiger partial charge in [-0.05, 0) is 42.4 Å². The van der Waals surface area contributed by atoms with Crippen molar-refractivity contribution in [3.63, 3.8) is 0 Å². The van der Waals surface area contributed by atoms with Crippen LogP contribution in [0.2, 0.25) is 0 Å². The fraction of sp³-hybridized carbons (Fsp3) is 0.250. The second-order valence-electron chi connectivity index (χ2n) is 4.75. The summed E-state index contributed by atoms with van der Waals surface area (Å²) in [6.45, 7) is 1.89. The minimum atomic E-state index is 0.946. The van der Waals surface area contributed by atoms with E-state index in [1.54, 1.807) is 0 Å². The zero-order valence-electron chi connectivity index (χ0n) is 11.4. The van der Waals surface area contributed by atoms with Crippen molar-refractivity contribution in [2.75, 3.05) is 19.4 Å². The van der Waals surface area contributed by atoms with Crippen LogP contribution in [-0.2, 0) is 13.1 Å². The highest BCUT2D eigenvalue weighted by Gasteiger charge is 2.03. The molecule has 0 atom stereocenters. The van der Waals surface area contributed by atoms with Crippen LogP contribution in [0.25, 0.3) is 0 Å². The summed E-state index contributed by atoms with van der Waals surface area (Å²) < 4.78 is 1.13. The Kier molecular flexibility index (Phi) is 5.00. The maximum atomic E-state index is 3.51. The average Bonchev–Trinajstić information content (AvgIpc) is 2.38. The Labute approximate surface area is 123 Å². The van der Waals surface area contributed by atoms with Crippen molar-refractivity contribution in [2.24, 2.45) is 0 Å². The lowest BCUT2D eigenvalue weighted by Gasteiger charge is -2.17. The number of benzene rings is 2. The molecule has 0 unspecified atom stereocenters. The highest BCUT2D eigenvalue weighted by atomic mass is 79.9. The van der Waals surface area contributed by atoms with Crippen molar-refractivity contribution in [3.05, 3.63) is 64.1 Å². The second-order valence-corrected chi connectivity index (χ2v) is 5.67. The summed E-state index contributed by atoms with van der Waals surface area (Å²) in [6.07, 6.45) is 0. The van der Waals surface area contributed by atoms with Gasteiger partial charge in [0, 0.05) is 30.3 Å². The van der Waals surface area contributed by atoms with Crippen LogP contribution in [0.4, 0.5) is 5.69 Å². The molecule has 0 aromatic heterocycles. The summed E-state index contributed by atoms with van der Waals surface area (Å²) in [4.78, 5) is 2.32. The zero-order valence-corrected chi connectivity index (χ0v) is 12.9. The third kappa shape index (κ3) is 4.37. The molecule has 2 aromatic rings. The van der Waals surface area contributed by atoms with E-state index in [1.807, 2.05) is 7.05 Å². The molecular weight excluding hydrogens is 300 g/mol. The maximum absolute atomic E-state index is 3.51. The minimum Gasteiger partial charge on any atom is -0.388 e. The van der Waals surface area contributed by atoms with E-state index in [0.29, 0.717) is 0 Å². The van der Waals surface area contributed by atoms with Gasteiger partial charge in [0.05, 0.1) is 0 Å². The van der Waals surface area contributed by atoms with E-state index in [-0.39, 0.29) is 0 Å². The highest BCUT2D eigenvalue weighted by Crippen LogP contribution is 2.15. The van der Waals surface area contributed by atoms with E-state index in [9.17, 15) is 0 Å². The van der Waals surface area contributed by atoms with Crippen LogP contribution in [0.15, 0.2) is 53.0 Å². The summed E-state index contributed by atoms with van der Waals surface area (Å²) in [5, 5.41) is 3.17. The molecule has 0 amide bonds. The molecule has 2 nitrogen and oxygen atoms in total. The summed E-state index contributed by atoms with van der Waals surface area (Å²) in [7, 11) is 4.09. The first kappa shape index (κ1) is 14.1. The Balaban J connectivity index is 1.98. The van der Waals surface area contributed by atoms with Gasteiger partial charge in [-0.2, -0.15) is 0 Å². The van der Waals surface area contributed by atoms with E-state index >= 15 is 0 Å². The summed E-state index contributed by atoms with van der Waals surface area (Å²) in [5.74, 6) is 0. The van der Waals surface area contributed by atoms with Gasteiger partial charge in [0.1, 0.15) is 0 Å². The lowest BCUT2D eigenvalue weighted by molar-refractivity contribution is 0.319. The van der Waals surface area contributed by atoms with Crippen LogP contribution >= 0.6 is 15.9 Å². The van der Waals surface area contributed by atoms with E-state index in [1.165, 1.54) is 11.1 Å². The molecule has 0 aliphatic carbocycles. The SMILES string of the molecule is CNc1cccc(CN(C)Cc2cccc(Br)c2)c1. The largest absolute Gasteiger partial charge is 0.388 e. The highest BCUT2D eigenvalue weighted by molar-refractivity contribution is 9.10. The first-order chi connectivity index (χ1) is 9.17. The van der Waals surface area contributed by atoms with Crippen LogP contribution < -0.4 is 5.32 Å². The molecule has 0 bridgehead atoms. The summed E-state index contributed by atoms with van der Waals surface area (Å²) in [5.41, 5.74) is 3.80. The normalized spacial score (nSPS) is 10.7. The molecule has 0 saturated carbocycles. The Bertz CT molecular complexity index is 540. The number of halogens is 1. The third-order valence-corrected chi connectivity index (χ3v) is 3.50. The monoisotopic (exact) mass is 318 g/mol. The molecule has 0 fully saturated rings. The Morgan fingerprint density at radius 2 is 1.63 bits per heavy atom. The Hall–Kier alpha value is -1.32. The van der Waals surface area contributed by atoms with Gasteiger partial charge in [0.2, 0.25) is 0 Å². The second kappa shape index (κ2) is 6.73. The van der Waals surface area contributed by atoms with Crippen LogP contribution in [0.3, 0.4) is 0 Å². The molecule has 0 spiro atoms. The lowest BCUT2D eigenvalue weighted by Crippen LogP contribution is -2.17. The van der Waals surface area contributed by atoms with Gasteiger partial charge < -0.3 is 5.32 Å². The third-order valence-electron chi connectivity index (χ3n) is 3.01. The predicted octanol–water partition coefficient (Wildman–Crippen LogP) is 4.12. The molecule has 0 radical (unpaired) electrons. The molecule has 2 aromatic carbocycles. The Morgan fingerprint density at radius 1 is 1.00 bits per heavy atom. The van der Waals surface area contributed by atoms with Crippen LogP contribution in [-0.4, -0.2) is 19.0 Å². The van der Waals surface area contributed by atoms with Gasteiger partial charge in [0.25, 0.3) is 0 Å². The van der Waals surface area contributed by atoms with Gasteiger partial charge in [0.15, 0.2) is 0 Å². The average molecular weight is 319 g/mol. The molecule has 0 heterocycles. The number of nitrogens with one attached hydrogen (secondary N) is 1. The summed E-state index contributed by atoms with van der Waals surface area (Å²) >= 11 is 3.51. The van der Waals surface area contributed by atoms with E-state index < -0.39 is 0 Å². The van der Waals surface area contributed by atoms with Crippen molar-refractivity contribution >= 4 is 21.6 Å². The van der Waals surface area contributed by atoms with Gasteiger partial charge in [-0.15, -0.1) is 0 Å². The summed E-state index contributed by atoms with van der Waals surface area (Å²) in [6, 6.07) is 17.0. The quantitative estimate of drug-likeness (QED) is 0.892. The van der Waals surface area contributed by atoms with Gasteiger partial charge >= 0.3 is 0 Å². The number of nitrogens with zero attached hydrogens (tertiary/aromatic N) is 1. The van der Waals surface area contributed by atoms with E-state index in [2.05, 4.69) is 81.7 Å². The molecule has 3 heteroatoms. The molecule has 1 N–H and O–H groups in total. The van der Waals surface area contributed by atoms with Gasteiger partial charge in [-0.3, -0.25) is 4.90 Å². The molecule has 0 aliphatic heterocycles. The smallest absolute Gasteiger partial charge is 0.0340 e. The number of anilines is 1. The predicted molar refractivity (Wildman–Crippen MR) is 85.3 cm³/mol. The standard InChI is InChI=1S/C16H19BrN2/c1-18-16-8-4-6-14(10-16)12-19(2)11-13-5-3-7-15(17)9-13/h3-10,18H,11-12H2,1-2H3. The van der Waals surface area contributed by atoms with Crippen LogP contribution in [0, 0.1) is 0 Å². The topological polar surface area (TPSA) is 15.3 Å². The first-order valence-corrected chi connectivity index (χ1v) is 7.16. The zero-order chi connectivity index (χ0) is 13.7. The maximum Gasteiger partial charge on any atom is 0.0340 e. The van der Waals surface area contributed by atoms with Crippen molar-refractivity contribution in [1.82, 2.24) is 4.90 Å². The van der Waals surface area contributed by atoms with Crippen molar-refractivity contribution in [2.45, 2.75) is 13.1 Å². The van der Waals surface area contributed by atoms with E-state index in [4.69, 9.17) is 0 Å². The van der Waals surface area contributed by atoms with Crippen LogP contribution in [0.5, 0.6) is 0 Å². The number of hydrogen-bond donors (Lipinski definition) is 1. The Morgan fingerprint density at radius 3 is 2.26 bits per heavy atom. The fourth-order valence-electron chi connectivity index (χ4n) is 2.14. The number of hydrogen-bond acceptors (Lipinski definition) is 2. The fourth-order valence-corrected chi connectivity index (χ4v) is 2.59. The first-order valence-electron chi connectivity index (χ1n) is 6.37. The van der Waals surface area contributed by atoms with Gasteiger partial charge in [-0.25, -0.2) is 0 Å². The van der Waals surface area contributed by atoms with Crippen molar-refractivity contribution in [3.8, 4) is 0 Å². The van der Waals surface area contributed by atoms with E-state index in [0.717, 1.165) is 23.2 Å². The minimum absolute atomic E-state index is 0.946. The molecular formula is C16H19BrN2. The molecule has 0 aliphatic rings.